The van der Waals surface area contributed by atoms with Crippen molar-refractivity contribution in [2.75, 3.05) is 13.1 Å². The molecule has 7 nitrogen and oxygen atoms in total. The number of sulfonamides is 1. The number of carbonyl (C=O) groups excluding carboxylic acids is 1. The summed E-state index contributed by atoms with van der Waals surface area (Å²) in [5.74, 6) is -0.158. The molecule has 2 heterocycles. The lowest BCUT2D eigenvalue weighted by atomic mass is 10.1. The number of aromatic amines is 1. The van der Waals surface area contributed by atoms with Crippen LogP contribution in [0.15, 0.2) is 53.1 Å². The molecule has 1 aromatic carbocycles. The predicted molar refractivity (Wildman–Crippen MR) is 93.3 cm³/mol. The van der Waals surface area contributed by atoms with Crippen molar-refractivity contribution in [2.24, 2.45) is 0 Å². The van der Waals surface area contributed by atoms with Gasteiger partial charge in [0.1, 0.15) is 0 Å². The molecule has 1 aliphatic heterocycles. The van der Waals surface area contributed by atoms with Gasteiger partial charge in [-0.2, -0.15) is 5.10 Å². The third-order valence-corrected chi connectivity index (χ3v) is 5.52. The van der Waals surface area contributed by atoms with Crippen LogP contribution in [0.5, 0.6) is 0 Å². The molecule has 0 unspecified atom stereocenters. The van der Waals surface area contributed by atoms with E-state index in [0.29, 0.717) is 24.3 Å². The molecule has 8 heteroatoms. The first kappa shape index (κ1) is 17.4. The van der Waals surface area contributed by atoms with Crippen LogP contribution in [0.25, 0.3) is 0 Å². The molecule has 0 atom stereocenters. The fourth-order valence-corrected chi connectivity index (χ4v) is 3.63. The monoisotopic (exact) mass is 360 g/mol. The maximum absolute atomic E-state index is 12.6. The lowest BCUT2D eigenvalue weighted by Crippen LogP contribution is -2.34. The van der Waals surface area contributed by atoms with Crippen molar-refractivity contribution in [3.8, 4) is 0 Å². The van der Waals surface area contributed by atoms with E-state index in [9.17, 15) is 13.2 Å². The molecule has 1 aromatic heterocycles. The van der Waals surface area contributed by atoms with E-state index in [2.05, 4.69) is 14.9 Å². The Hall–Kier alpha value is -2.45. The third-order valence-electron chi connectivity index (χ3n) is 4.13. The highest BCUT2D eigenvalue weighted by molar-refractivity contribution is 7.89. The minimum absolute atomic E-state index is 0.0709. The van der Waals surface area contributed by atoms with Gasteiger partial charge in [0, 0.05) is 24.8 Å². The average Bonchev–Trinajstić information content (AvgIpc) is 3.14. The van der Waals surface area contributed by atoms with Crippen LogP contribution in [0.2, 0.25) is 0 Å². The molecule has 1 amide bonds. The Bertz CT molecular complexity index is 888. The normalized spacial score (nSPS) is 15.1. The Labute approximate surface area is 146 Å². The number of nitrogens with one attached hydrogen (secondary N) is 2. The molecular weight excluding hydrogens is 340 g/mol. The lowest BCUT2D eigenvalue weighted by molar-refractivity contribution is 0.0769. The molecule has 132 valence electrons. The lowest BCUT2D eigenvalue weighted by Gasteiger charge is -2.25. The molecular formula is C17H20N4O3S. The van der Waals surface area contributed by atoms with Gasteiger partial charge in [0.15, 0.2) is 0 Å². The van der Waals surface area contributed by atoms with Gasteiger partial charge in [0.25, 0.3) is 5.91 Å². The molecule has 2 N–H and O–H groups in total. The van der Waals surface area contributed by atoms with Gasteiger partial charge in [-0.05, 0) is 37.6 Å². The summed E-state index contributed by atoms with van der Waals surface area (Å²) in [6.07, 6.45) is 4.42. The molecule has 1 aliphatic rings. The second-order valence-corrected chi connectivity index (χ2v) is 7.75. The standard InChI is InChI=1S/C17H20N4O3S/c1-13-6-9-21(10-7-13)17(22)14-3-2-4-16(11-14)25(23,24)19-12-15-5-8-18-20-15/h2-6,8,11,19H,7,9-10,12H2,1H3,(H,18,20). The van der Waals surface area contributed by atoms with Crippen LogP contribution in [-0.2, 0) is 16.6 Å². The Morgan fingerprint density at radius 2 is 2.20 bits per heavy atom. The summed E-state index contributed by atoms with van der Waals surface area (Å²) in [5, 5.41) is 6.47. The van der Waals surface area contributed by atoms with Gasteiger partial charge in [-0.25, -0.2) is 13.1 Å². The molecule has 2 aromatic rings. The highest BCUT2D eigenvalue weighted by atomic mass is 32.2. The van der Waals surface area contributed by atoms with Gasteiger partial charge >= 0.3 is 0 Å². The van der Waals surface area contributed by atoms with Gasteiger partial charge in [-0.1, -0.05) is 17.7 Å². The second kappa shape index (κ2) is 7.20. The second-order valence-electron chi connectivity index (χ2n) is 5.99. The molecule has 0 radical (unpaired) electrons. The molecule has 0 bridgehead atoms. The first-order valence-electron chi connectivity index (χ1n) is 7.98. The molecule has 0 saturated heterocycles. The van der Waals surface area contributed by atoms with Gasteiger partial charge < -0.3 is 4.90 Å². The van der Waals surface area contributed by atoms with Crippen molar-refractivity contribution in [1.29, 1.82) is 0 Å². The minimum Gasteiger partial charge on any atom is -0.335 e. The van der Waals surface area contributed by atoms with Crippen LogP contribution in [0, 0.1) is 0 Å². The van der Waals surface area contributed by atoms with E-state index in [1.165, 1.54) is 17.7 Å². The van der Waals surface area contributed by atoms with E-state index in [0.717, 1.165) is 6.42 Å². The number of rotatable bonds is 5. The van der Waals surface area contributed by atoms with Crippen molar-refractivity contribution in [1.82, 2.24) is 19.8 Å². The van der Waals surface area contributed by atoms with E-state index >= 15 is 0 Å². The van der Waals surface area contributed by atoms with Gasteiger partial charge in [0.2, 0.25) is 10.0 Å². The highest BCUT2D eigenvalue weighted by Crippen LogP contribution is 2.17. The summed E-state index contributed by atoms with van der Waals surface area (Å²) in [6.45, 7) is 3.35. The zero-order valence-corrected chi connectivity index (χ0v) is 14.7. The smallest absolute Gasteiger partial charge is 0.254 e. The maximum atomic E-state index is 12.6. The van der Waals surface area contributed by atoms with Crippen molar-refractivity contribution >= 4 is 15.9 Å². The molecule has 3 rings (SSSR count). The van der Waals surface area contributed by atoms with E-state index in [-0.39, 0.29) is 17.3 Å². The van der Waals surface area contributed by atoms with Crippen LogP contribution >= 0.6 is 0 Å². The quantitative estimate of drug-likeness (QED) is 0.793. The van der Waals surface area contributed by atoms with Crippen molar-refractivity contribution in [3.63, 3.8) is 0 Å². The number of H-pyrrole nitrogens is 1. The number of nitrogens with zero attached hydrogens (tertiary/aromatic N) is 2. The topological polar surface area (TPSA) is 95.2 Å². The highest BCUT2D eigenvalue weighted by Gasteiger charge is 2.20. The minimum atomic E-state index is -3.71. The number of aromatic nitrogens is 2. The van der Waals surface area contributed by atoms with Crippen molar-refractivity contribution < 1.29 is 13.2 Å². The molecule has 0 spiro atoms. The maximum Gasteiger partial charge on any atom is 0.254 e. The molecule has 0 saturated carbocycles. The van der Waals surface area contributed by atoms with E-state index in [1.807, 2.05) is 13.0 Å². The molecule has 25 heavy (non-hydrogen) atoms. The van der Waals surface area contributed by atoms with Crippen LogP contribution in [-0.4, -0.2) is 42.5 Å². The zero-order valence-electron chi connectivity index (χ0n) is 13.9. The van der Waals surface area contributed by atoms with Crippen molar-refractivity contribution in [3.05, 3.63) is 59.4 Å². The predicted octanol–water partition coefficient (Wildman–Crippen LogP) is 1.68. The summed E-state index contributed by atoms with van der Waals surface area (Å²) in [6, 6.07) is 7.81. The summed E-state index contributed by atoms with van der Waals surface area (Å²) in [7, 11) is -3.71. The summed E-state index contributed by atoms with van der Waals surface area (Å²) < 4.78 is 27.4. The van der Waals surface area contributed by atoms with Gasteiger partial charge in [0.05, 0.1) is 17.1 Å². The number of hydrogen-bond acceptors (Lipinski definition) is 4. The Morgan fingerprint density at radius 1 is 1.36 bits per heavy atom. The van der Waals surface area contributed by atoms with E-state index in [4.69, 9.17) is 0 Å². The first-order valence-corrected chi connectivity index (χ1v) is 9.47. The SMILES string of the molecule is CC1=CCN(C(=O)c2cccc(S(=O)(=O)NCc3ccn[nH]3)c2)CC1. The van der Waals surface area contributed by atoms with Crippen LogP contribution in [0.4, 0.5) is 0 Å². The fraction of sp³-hybridized carbons (Fsp3) is 0.294. The number of amides is 1. The van der Waals surface area contributed by atoms with Crippen LogP contribution in [0.3, 0.4) is 0 Å². The zero-order chi connectivity index (χ0) is 17.9. The summed E-state index contributed by atoms with van der Waals surface area (Å²) >= 11 is 0. The van der Waals surface area contributed by atoms with Crippen LogP contribution in [0.1, 0.15) is 29.4 Å². The Balaban J connectivity index is 1.75. The van der Waals surface area contributed by atoms with Crippen LogP contribution < -0.4 is 4.72 Å². The van der Waals surface area contributed by atoms with Gasteiger partial charge in [-0.15, -0.1) is 0 Å². The number of hydrogen-bond donors (Lipinski definition) is 2. The molecule has 0 aliphatic carbocycles. The number of carbonyl (C=O) groups is 1. The Morgan fingerprint density at radius 3 is 2.88 bits per heavy atom. The van der Waals surface area contributed by atoms with E-state index in [1.54, 1.807) is 29.3 Å². The first-order chi connectivity index (χ1) is 12.0. The summed E-state index contributed by atoms with van der Waals surface area (Å²) in [4.78, 5) is 14.4. The van der Waals surface area contributed by atoms with E-state index < -0.39 is 10.0 Å². The molecule has 0 fully saturated rings. The van der Waals surface area contributed by atoms with Crippen molar-refractivity contribution in [2.45, 2.75) is 24.8 Å². The third kappa shape index (κ3) is 4.15. The fourth-order valence-electron chi connectivity index (χ4n) is 2.57. The summed E-state index contributed by atoms with van der Waals surface area (Å²) in [5.41, 5.74) is 2.30. The van der Waals surface area contributed by atoms with Gasteiger partial charge in [-0.3, -0.25) is 9.89 Å². The number of benzene rings is 1. The average molecular weight is 360 g/mol. The Kier molecular flexibility index (Phi) is 5.00. The largest absolute Gasteiger partial charge is 0.335 e.